The number of amides is 1. The molecular formula is C24H30N2O6S. The molecule has 0 saturated heterocycles. The zero-order chi connectivity index (χ0) is 23.7. The largest absolute Gasteiger partial charge is 0.496 e. The number of benzene rings is 1. The maximum Gasteiger partial charge on any atom is 0.341 e. The minimum atomic E-state index is -0.812. The van der Waals surface area contributed by atoms with Crippen molar-refractivity contribution in [3.63, 3.8) is 0 Å². The van der Waals surface area contributed by atoms with Crippen LogP contribution in [0.2, 0.25) is 0 Å². The molecule has 0 saturated carbocycles. The number of nitrogens with one attached hydrogen (secondary N) is 1. The predicted molar refractivity (Wildman–Crippen MR) is 125 cm³/mol. The Morgan fingerprint density at radius 2 is 1.91 bits per heavy atom. The lowest BCUT2D eigenvalue weighted by molar-refractivity contribution is -0.117. The van der Waals surface area contributed by atoms with Crippen LogP contribution in [0.1, 0.15) is 51.4 Å². The highest BCUT2D eigenvalue weighted by Gasteiger charge is 2.32. The molecule has 0 bridgehead atoms. The monoisotopic (exact) mass is 474 g/mol. The summed E-state index contributed by atoms with van der Waals surface area (Å²) in [6.45, 7) is 2.98. The van der Waals surface area contributed by atoms with E-state index in [9.17, 15) is 14.7 Å². The first-order valence-corrected chi connectivity index (χ1v) is 11.8. The van der Waals surface area contributed by atoms with Gasteiger partial charge < -0.3 is 24.6 Å². The molecule has 178 valence electrons. The van der Waals surface area contributed by atoms with E-state index in [4.69, 9.17) is 14.2 Å². The van der Waals surface area contributed by atoms with E-state index in [1.807, 2.05) is 4.90 Å². The van der Waals surface area contributed by atoms with Gasteiger partial charge in [-0.1, -0.05) is 6.92 Å². The number of nitrogens with zero attached hydrogens (tertiary/aromatic N) is 1. The number of esters is 1. The van der Waals surface area contributed by atoms with Crippen molar-refractivity contribution in [1.82, 2.24) is 4.90 Å². The number of aliphatic hydroxyl groups is 1. The van der Waals surface area contributed by atoms with E-state index in [1.165, 1.54) is 18.4 Å². The fourth-order valence-corrected chi connectivity index (χ4v) is 6.21. The normalized spacial score (nSPS) is 19.9. The molecule has 1 aromatic carbocycles. The molecule has 4 rings (SSSR count). The fourth-order valence-electron chi connectivity index (χ4n) is 4.79. The molecule has 2 aliphatic rings. The van der Waals surface area contributed by atoms with E-state index in [1.54, 1.807) is 26.4 Å². The molecule has 9 heteroatoms. The lowest BCUT2D eigenvalue weighted by Gasteiger charge is -2.33. The first kappa shape index (κ1) is 23.5. The van der Waals surface area contributed by atoms with E-state index in [-0.39, 0.29) is 19.0 Å². The highest BCUT2D eigenvalue weighted by Crippen LogP contribution is 2.41. The summed E-state index contributed by atoms with van der Waals surface area (Å²) in [5.74, 6) is 1.12. The average molecular weight is 475 g/mol. The SMILES string of the molecule is COC(=O)c1c(NC(=O)CN2Cc3c(OC)ccc(OC)c3C(O)C2)sc2c1CCC(C)C2. The highest BCUT2D eigenvalue weighted by molar-refractivity contribution is 7.17. The Morgan fingerprint density at radius 3 is 2.61 bits per heavy atom. The number of hydrogen-bond acceptors (Lipinski definition) is 8. The summed E-state index contributed by atoms with van der Waals surface area (Å²) < 4.78 is 15.9. The molecule has 8 nitrogen and oxygen atoms in total. The van der Waals surface area contributed by atoms with E-state index in [2.05, 4.69) is 12.2 Å². The Balaban J connectivity index is 1.53. The summed E-state index contributed by atoms with van der Waals surface area (Å²) in [5.41, 5.74) is 2.98. The summed E-state index contributed by atoms with van der Waals surface area (Å²) in [6, 6.07) is 3.57. The summed E-state index contributed by atoms with van der Waals surface area (Å²) in [6.07, 6.45) is 1.91. The average Bonchev–Trinajstić information content (AvgIpc) is 3.14. The van der Waals surface area contributed by atoms with Crippen molar-refractivity contribution in [2.24, 2.45) is 5.92 Å². The number of methoxy groups -OCH3 is 3. The summed E-state index contributed by atoms with van der Waals surface area (Å²) in [7, 11) is 4.50. The zero-order valence-electron chi connectivity index (χ0n) is 19.4. The number of β-amino-alcohol motifs (C(OH)–C–C–N with tert-alkyl or cyclic N) is 1. The Hall–Kier alpha value is -2.62. The number of ether oxygens (including phenoxy) is 3. The van der Waals surface area contributed by atoms with Gasteiger partial charge in [-0.15, -0.1) is 11.3 Å². The minimum absolute atomic E-state index is 0.0659. The van der Waals surface area contributed by atoms with Gasteiger partial charge in [0.15, 0.2) is 0 Å². The van der Waals surface area contributed by atoms with E-state index in [0.29, 0.717) is 40.1 Å². The summed E-state index contributed by atoms with van der Waals surface area (Å²) in [4.78, 5) is 28.5. The number of hydrogen-bond donors (Lipinski definition) is 2. The van der Waals surface area contributed by atoms with Crippen LogP contribution in [-0.4, -0.2) is 56.3 Å². The quantitative estimate of drug-likeness (QED) is 0.621. The topological polar surface area (TPSA) is 97.3 Å². The Bertz CT molecular complexity index is 1070. The van der Waals surface area contributed by atoms with Crippen LogP contribution in [-0.2, 0) is 28.9 Å². The van der Waals surface area contributed by atoms with Crippen molar-refractivity contribution >= 4 is 28.2 Å². The Morgan fingerprint density at radius 1 is 1.18 bits per heavy atom. The predicted octanol–water partition coefficient (Wildman–Crippen LogP) is 3.16. The molecule has 2 N–H and O–H groups in total. The van der Waals surface area contributed by atoms with Gasteiger partial charge in [0.2, 0.25) is 5.91 Å². The number of aliphatic hydroxyl groups excluding tert-OH is 1. The number of fused-ring (bicyclic) bond motifs is 2. The molecule has 0 radical (unpaired) electrons. The van der Waals surface area contributed by atoms with Gasteiger partial charge in [-0.2, -0.15) is 0 Å². The smallest absolute Gasteiger partial charge is 0.341 e. The molecule has 33 heavy (non-hydrogen) atoms. The van der Waals surface area contributed by atoms with Gasteiger partial charge in [-0.25, -0.2) is 4.79 Å². The molecule has 1 aliphatic carbocycles. The zero-order valence-corrected chi connectivity index (χ0v) is 20.2. The van der Waals surface area contributed by atoms with Crippen LogP contribution in [0.15, 0.2) is 12.1 Å². The van der Waals surface area contributed by atoms with Gasteiger partial charge in [0.1, 0.15) is 16.5 Å². The van der Waals surface area contributed by atoms with E-state index >= 15 is 0 Å². The van der Waals surface area contributed by atoms with Crippen LogP contribution in [0.5, 0.6) is 11.5 Å². The van der Waals surface area contributed by atoms with Gasteiger partial charge in [-0.3, -0.25) is 9.69 Å². The van der Waals surface area contributed by atoms with Crippen LogP contribution in [0.4, 0.5) is 5.00 Å². The van der Waals surface area contributed by atoms with E-state index in [0.717, 1.165) is 35.3 Å². The third-order valence-electron chi connectivity index (χ3n) is 6.38. The molecular weight excluding hydrogens is 444 g/mol. The van der Waals surface area contributed by atoms with Crippen LogP contribution in [0, 0.1) is 5.92 Å². The van der Waals surface area contributed by atoms with Crippen molar-refractivity contribution in [2.45, 2.75) is 38.8 Å². The Labute approximate surface area is 197 Å². The number of carbonyl (C=O) groups is 2. The van der Waals surface area contributed by atoms with Crippen LogP contribution in [0.3, 0.4) is 0 Å². The van der Waals surface area contributed by atoms with Crippen LogP contribution in [0.25, 0.3) is 0 Å². The molecule has 0 fully saturated rings. The van der Waals surface area contributed by atoms with Gasteiger partial charge in [0, 0.05) is 29.1 Å². The number of rotatable bonds is 6. The number of carbonyl (C=O) groups excluding carboxylic acids is 2. The first-order chi connectivity index (χ1) is 15.9. The second-order valence-corrected chi connectivity index (χ2v) is 9.75. The minimum Gasteiger partial charge on any atom is -0.496 e. The molecule has 2 heterocycles. The molecule has 1 aliphatic heterocycles. The summed E-state index contributed by atoms with van der Waals surface area (Å²) in [5, 5.41) is 14.3. The third kappa shape index (κ3) is 4.58. The lowest BCUT2D eigenvalue weighted by Crippen LogP contribution is -2.39. The molecule has 0 spiro atoms. The number of anilines is 1. The maximum atomic E-state index is 13.0. The molecule has 1 amide bonds. The second kappa shape index (κ2) is 9.70. The molecule has 1 aromatic heterocycles. The maximum absolute atomic E-state index is 13.0. The standard InChI is InChI=1S/C24H30N2O6S/c1-13-5-6-14-19(9-13)33-23(22(14)24(29)32-4)25-20(28)12-26-10-15-17(30-2)7-8-18(31-3)21(15)16(27)11-26/h7-8,13,16,27H,5-6,9-12H2,1-4H3,(H,25,28). The van der Waals surface area contributed by atoms with Crippen molar-refractivity contribution in [3.05, 3.63) is 39.3 Å². The van der Waals surface area contributed by atoms with Crippen molar-refractivity contribution in [3.8, 4) is 11.5 Å². The molecule has 2 aromatic rings. The van der Waals surface area contributed by atoms with E-state index < -0.39 is 12.1 Å². The third-order valence-corrected chi connectivity index (χ3v) is 7.55. The molecule has 2 atom stereocenters. The van der Waals surface area contributed by atoms with Crippen LogP contribution >= 0.6 is 11.3 Å². The van der Waals surface area contributed by atoms with Gasteiger partial charge >= 0.3 is 5.97 Å². The number of thiophene rings is 1. The van der Waals surface area contributed by atoms with Crippen LogP contribution < -0.4 is 14.8 Å². The first-order valence-electron chi connectivity index (χ1n) is 11.0. The highest BCUT2D eigenvalue weighted by atomic mass is 32.1. The summed E-state index contributed by atoms with van der Waals surface area (Å²) >= 11 is 1.46. The Kier molecular flexibility index (Phi) is 6.92. The lowest BCUT2D eigenvalue weighted by atomic mass is 9.88. The van der Waals surface area contributed by atoms with Gasteiger partial charge in [0.05, 0.1) is 39.5 Å². The molecule has 2 unspecified atom stereocenters. The van der Waals surface area contributed by atoms with Crippen molar-refractivity contribution in [1.29, 1.82) is 0 Å². The van der Waals surface area contributed by atoms with Crippen molar-refractivity contribution < 1.29 is 28.9 Å². The second-order valence-electron chi connectivity index (χ2n) is 8.64. The van der Waals surface area contributed by atoms with Crippen molar-refractivity contribution in [2.75, 3.05) is 39.7 Å². The van der Waals surface area contributed by atoms with Gasteiger partial charge in [-0.05, 0) is 42.9 Å². The van der Waals surface area contributed by atoms with Gasteiger partial charge in [0.25, 0.3) is 0 Å². The fraction of sp³-hybridized carbons (Fsp3) is 0.500.